The summed E-state index contributed by atoms with van der Waals surface area (Å²) in [6.45, 7) is 1.88. The monoisotopic (exact) mass is 331 g/mol. The summed E-state index contributed by atoms with van der Waals surface area (Å²) in [7, 11) is 0. The largest absolute Gasteiger partial charge is 0.301 e. The molecular formula is C20H14ClN3. The number of nitrogens with zero attached hydrogens (tertiary/aromatic N) is 3. The Morgan fingerprint density at radius 2 is 1.88 bits per heavy atom. The maximum Gasteiger partial charge on any atom is 0.137 e. The first-order chi connectivity index (χ1) is 11.7. The summed E-state index contributed by atoms with van der Waals surface area (Å²) < 4.78 is 1.92. The van der Waals surface area contributed by atoms with Crippen molar-refractivity contribution < 1.29 is 0 Å². The number of imidazole rings is 1. The average Bonchev–Trinajstić information content (AvgIpc) is 2.99. The smallest absolute Gasteiger partial charge is 0.137 e. The Morgan fingerprint density at radius 1 is 1.08 bits per heavy atom. The molecule has 116 valence electrons. The van der Waals surface area contributed by atoms with Gasteiger partial charge in [0.15, 0.2) is 0 Å². The minimum atomic E-state index is -0.292. The van der Waals surface area contributed by atoms with Crippen molar-refractivity contribution in [2.24, 2.45) is 0 Å². The SMILES string of the molecule is CC(C#N)c1c(-c2ccc3ccccc3c2)nc2ccc(Cl)cn12. The number of benzene rings is 2. The van der Waals surface area contributed by atoms with Gasteiger partial charge in [-0.2, -0.15) is 5.26 Å². The number of aromatic nitrogens is 2. The Labute approximate surface area is 144 Å². The molecule has 0 saturated carbocycles. The van der Waals surface area contributed by atoms with Gasteiger partial charge in [0.25, 0.3) is 0 Å². The number of nitriles is 1. The summed E-state index contributed by atoms with van der Waals surface area (Å²) in [5.41, 5.74) is 3.49. The molecule has 0 saturated heterocycles. The molecule has 3 nitrogen and oxygen atoms in total. The third kappa shape index (κ3) is 2.33. The van der Waals surface area contributed by atoms with Crippen LogP contribution in [-0.4, -0.2) is 9.38 Å². The highest BCUT2D eigenvalue weighted by Gasteiger charge is 2.19. The second-order valence-corrected chi connectivity index (χ2v) is 6.27. The highest BCUT2D eigenvalue weighted by Crippen LogP contribution is 2.32. The summed E-state index contributed by atoms with van der Waals surface area (Å²) >= 11 is 6.14. The lowest BCUT2D eigenvalue weighted by Crippen LogP contribution is -1.98. The van der Waals surface area contributed by atoms with E-state index in [9.17, 15) is 5.26 Å². The Hall–Kier alpha value is -2.83. The standard InChI is InChI=1S/C20H14ClN3/c1-13(11-22)20-19(23-18-9-8-17(21)12-24(18)20)16-7-6-14-4-2-3-5-15(14)10-16/h2-10,12-13H,1H3. The van der Waals surface area contributed by atoms with Crippen molar-refractivity contribution in [2.75, 3.05) is 0 Å². The highest BCUT2D eigenvalue weighted by molar-refractivity contribution is 6.30. The fraction of sp³-hybridized carbons (Fsp3) is 0.100. The van der Waals surface area contributed by atoms with Crippen molar-refractivity contribution in [3.05, 3.63) is 71.5 Å². The van der Waals surface area contributed by atoms with E-state index in [1.54, 1.807) is 0 Å². The van der Waals surface area contributed by atoms with Crippen LogP contribution in [0.5, 0.6) is 0 Å². The fourth-order valence-electron chi connectivity index (χ4n) is 3.06. The minimum absolute atomic E-state index is 0.292. The van der Waals surface area contributed by atoms with Crippen LogP contribution in [0.15, 0.2) is 60.8 Å². The molecule has 4 aromatic rings. The van der Waals surface area contributed by atoms with Crippen LogP contribution in [-0.2, 0) is 0 Å². The van der Waals surface area contributed by atoms with Crippen molar-refractivity contribution in [3.8, 4) is 17.3 Å². The van der Waals surface area contributed by atoms with E-state index < -0.39 is 0 Å². The summed E-state index contributed by atoms with van der Waals surface area (Å²) in [6, 6.07) is 20.5. The van der Waals surface area contributed by atoms with Crippen LogP contribution >= 0.6 is 11.6 Å². The highest BCUT2D eigenvalue weighted by atomic mass is 35.5. The number of hydrogen-bond acceptors (Lipinski definition) is 2. The third-order valence-electron chi connectivity index (χ3n) is 4.25. The summed E-state index contributed by atoms with van der Waals surface area (Å²) in [5.74, 6) is -0.292. The lowest BCUT2D eigenvalue weighted by Gasteiger charge is -2.08. The third-order valence-corrected chi connectivity index (χ3v) is 4.47. The molecule has 1 atom stereocenters. The maximum absolute atomic E-state index is 9.45. The van der Waals surface area contributed by atoms with E-state index in [0.717, 1.165) is 28.0 Å². The van der Waals surface area contributed by atoms with Crippen molar-refractivity contribution in [2.45, 2.75) is 12.8 Å². The molecule has 0 aliphatic heterocycles. The van der Waals surface area contributed by atoms with Crippen LogP contribution in [0.25, 0.3) is 27.7 Å². The average molecular weight is 332 g/mol. The van der Waals surface area contributed by atoms with E-state index in [4.69, 9.17) is 16.6 Å². The molecule has 0 N–H and O–H groups in total. The molecule has 2 aromatic heterocycles. The van der Waals surface area contributed by atoms with Gasteiger partial charge in [0, 0.05) is 11.8 Å². The first-order valence-electron chi connectivity index (χ1n) is 7.73. The molecule has 2 aromatic carbocycles. The van der Waals surface area contributed by atoms with E-state index in [-0.39, 0.29) is 5.92 Å². The van der Waals surface area contributed by atoms with Gasteiger partial charge in [-0.15, -0.1) is 0 Å². The Kier molecular flexibility index (Phi) is 3.48. The predicted octanol–water partition coefficient (Wildman–Crippen LogP) is 5.43. The Bertz CT molecular complexity index is 1100. The van der Waals surface area contributed by atoms with Gasteiger partial charge in [-0.05, 0) is 35.9 Å². The summed E-state index contributed by atoms with van der Waals surface area (Å²) in [6.07, 6.45) is 1.82. The molecule has 1 unspecified atom stereocenters. The van der Waals surface area contributed by atoms with E-state index in [2.05, 4.69) is 36.4 Å². The van der Waals surface area contributed by atoms with Crippen LogP contribution in [0, 0.1) is 11.3 Å². The van der Waals surface area contributed by atoms with E-state index >= 15 is 0 Å². The molecule has 4 heteroatoms. The first-order valence-corrected chi connectivity index (χ1v) is 8.11. The van der Waals surface area contributed by atoms with Gasteiger partial charge in [0.1, 0.15) is 5.65 Å². The van der Waals surface area contributed by atoms with Crippen molar-refractivity contribution >= 4 is 28.0 Å². The minimum Gasteiger partial charge on any atom is -0.301 e. The molecule has 4 rings (SSSR count). The lowest BCUT2D eigenvalue weighted by atomic mass is 10.00. The van der Waals surface area contributed by atoms with Crippen molar-refractivity contribution in [1.29, 1.82) is 5.26 Å². The number of hydrogen-bond donors (Lipinski definition) is 0. The number of halogens is 1. The number of pyridine rings is 1. The molecule has 0 radical (unpaired) electrons. The predicted molar refractivity (Wildman–Crippen MR) is 97.2 cm³/mol. The van der Waals surface area contributed by atoms with Crippen molar-refractivity contribution in [1.82, 2.24) is 9.38 Å². The molecule has 0 amide bonds. The topological polar surface area (TPSA) is 41.1 Å². The normalized spacial score (nSPS) is 12.4. The Morgan fingerprint density at radius 3 is 2.67 bits per heavy atom. The molecule has 0 fully saturated rings. The lowest BCUT2D eigenvalue weighted by molar-refractivity contribution is 0.900. The molecule has 0 bridgehead atoms. The molecule has 24 heavy (non-hydrogen) atoms. The van der Waals surface area contributed by atoms with Gasteiger partial charge in [-0.3, -0.25) is 0 Å². The van der Waals surface area contributed by atoms with Gasteiger partial charge in [0.05, 0.1) is 28.4 Å². The number of fused-ring (bicyclic) bond motifs is 2. The van der Waals surface area contributed by atoms with Gasteiger partial charge in [-0.25, -0.2) is 4.98 Å². The maximum atomic E-state index is 9.45. The number of rotatable bonds is 2. The van der Waals surface area contributed by atoms with E-state index in [1.807, 2.05) is 41.8 Å². The van der Waals surface area contributed by atoms with E-state index in [0.29, 0.717) is 5.02 Å². The van der Waals surface area contributed by atoms with Gasteiger partial charge >= 0.3 is 0 Å². The van der Waals surface area contributed by atoms with Crippen LogP contribution in [0.2, 0.25) is 5.02 Å². The summed E-state index contributed by atoms with van der Waals surface area (Å²) in [4.78, 5) is 4.75. The Balaban J connectivity index is 2.02. The zero-order chi connectivity index (χ0) is 16.7. The first kappa shape index (κ1) is 14.7. The van der Waals surface area contributed by atoms with Gasteiger partial charge < -0.3 is 4.40 Å². The van der Waals surface area contributed by atoms with Gasteiger partial charge in [0.2, 0.25) is 0 Å². The zero-order valence-corrected chi connectivity index (χ0v) is 13.8. The summed E-state index contributed by atoms with van der Waals surface area (Å²) in [5, 5.41) is 12.4. The quantitative estimate of drug-likeness (QED) is 0.491. The fourth-order valence-corrected chi connectivity index (χ4v) is 3.22. The second kappa shape index (κ2) is 5.67. The second-order valence-electron chi connectivity index (χ2n) is 5.83. The van der Waals surface area contributed by atoms with Crippen molar-refractivity contribution in [3.63, 3.8) is 0 Å². The van der Waals surface area contributed by atoms with Gasteiger partial charge in [-0.1, -0.05) is 48.0 Å². The zero-order valence-electron chi connectivity index (χ0n) is 13.1. The molecule has 0 spiro atoms. The molecular weight excluding hydrogens is 318 g/mol. The molecule has 2 heterocycles. The van der Waals surface area contributed by atoms with Crippen LogP contribution in [0.1, 0.15) is 18.5 Å². The molecule has 0 aliphatic carbocycles. The van der Waals surface area contributed by atoms with Crippen LogP contribution in [0.4, 0.5) is 0 Å². The van der Waals surface area contributed by atoms with Crippen LogP contribution < -0.4 is 0 Å². The molecule has 0 aliphatic rings. The van der Waals surface area contributed by atoms with E-state index in [1.165, 1.54) is 5.39 Å². The van der Waals surface area contributed by atoms with Crippen LogP contribution in [0.3, 0.4) is 0 Å².